The maximum Gasteiger partial charge on any atom is 0.335 e. The van der Waals surface area contributed by atoms with Crippen molar-refractivity contribution >= 4 is 16.2 Å². The summed E-state index contributed by atoms with van der Waals surface area (Å²) in [5.74, 6) is -2.78. The van der Waals surface area contributed by atoms with Gasteiger partial charge in [0.2, 0.25) is 0 Å². The maximum atomic E-state index is 12.7. The van der Waals surface area contributed by atoms with Crippen molar-refractivity contribution in [3.8, 4) is 0 Å². The summed E-state index contributed by atoms with van der Waals surface area (Å²) in [6.45, 7) is 0. The summed E-state index contributed by atoms with van der Waals surface area (Å²) < 4.78 is 45.7. The molecule has 4 nitrogen and oxygen atoms in total. The number of rotatable bonds is 2. The van der Waals surface area contributed by atoms with Crippen LogP contribution >= 0.6 is 0 Å². The molecular formula is C7H4F2O4S. The Morgan fingerprint density at radius 2 is 1.93 bits per heavy atom. The van der Waals surface area contributed by atoms with E-state index < -0.39 is 32.5 Å². The maximum absolute atomic E-state index is 12.7. The molecule has 0 heterocycles. The normalized spacial score (nSPS) is 11.3. The van der Waals surface area contributed by atoms with Crippen molar-refractivity contribution in [3.05, 3.63) is 29.6 Å². The van der Waals surface area contributed by atoms with Crippen LogP contribution in [0.1, 0.15) is 10.4 Å². The van der Waals surface area contributed by atoms with Gasteiger partial charge in [0.25, 0.3) is 0 Å². The van der Waals surface area contributed by atoms with Crippen LogP contribution in [0.5, 0.6) is 0 Å². The highest BCUT2D eigenvalue weighted by Crippen LogP contribution is 2.18. The minimum absolute atomic E-state index is 0.424. The van der Waals surface area contributed by atoms with Crippen LogP contribution in [0, 0.1) is 5.82 Å². The van der Waals surface area contributed by atoms with Crippen LogP contribution in [-0.2, 0) is 10.2 Å². The smallest absolute Gasteiger partial charge is 0.335 e. The van der Waals surface area contributed by atoms with Gasteiger partial charge in [0, 0.05) is 0 Å². The Kier molecular flexibility index (Phi) is 2.52. The molecule has 0 spiro atoms. The molecule has 1 aromatic carbocycles. The standard InChI is InChI=1S/C7H4F2O4S/c8-5-2-1-4(7(10)11)3-6(5)14(9,12)13/h1-3H,(H,10,11). The number of carboxylic acid groups (broad SMARTS) is 1. The fraction of sp³-hybridized carbons (Fsp3) is 0. The summed E-state index contributed by atoms with van der Waals surface area (Å²) in [6.07, 6.45) is 0. The molecule has 1 rings (SSSR count). The van der Waals surface area contributed by atoms with Gasteiger partial charge in [-0.1, -0.05) is 0 Å². The Labute approximate surface area is 78.0 Å². The molecule has 1 aromatic rings. The van der Waals surface area contributed by atoms with E-state index in [2.05, 4.69) is 0 Å². The quantitative estimate of drug-likeness (QED) is 0.762. The van der Waals surface area contributed by atoms with Crippen molar-refractivity contribution < 1.29 is 26.6 Å². The summed E-state index contributed by atoms with van der Waals surface area (Å²) in [7, 11) is -5.23. The number of carbonyl (C=O) groups is 1. The van der Waals surface area contributed by atoms with Gasteiger partial charge in [0.1, 0.15) is 10.7 Å². The summed E-state index contributed by atoms with van der Waals surface area (Å²) in [6, 6.07) is 1.84. The Balaban J connectivity index is 3.44. The fourth-order valence-corrected chi connectivity index (χ4v) is 1.39. The number of aromatic carboxylic acids is 1. The fourth-order valence-electron chi connectivity index (χ4n) is 0.823. The average molecular weight is 222 g/mol. The molecule has 0 aliphatic rings. The summed E-state index contributed by atoms with van der Waals surface area (Å²) >= 11 is 0. The highest BCUT2D eigenvalue weighted by Gasteiger charge is 2.19. The first-order chi connectivity index (χ1) is 6.32. The minimum Gasteiger partial charge on any atom is -0.478 e. The molecule has 7 heteroatoms. The number of hydrogen-bond donors (Lipinski definition) is 1. The molecule has 0 atom stereocenters. The van der Waals surface area contributed by atoms with E-state index in [0.717, 1.165) is 6.07 Å². The minimum atomic E-state index is -5.23. The first-order valence-electron chi connectivity index (χ1n) is 3.30. The average Bonchev–Trinajstić information content (AvgIpc) is 2.02. The molecule has 0 fully saturated rings. The van der Waals surface area contributed by atoms with Crippen LogP contribution in [0.2, 0.25) is 0 Å². The van der Waals surface area contributed by atoms with Gasteiger partial charge in [0.05, 0.1) is 5.56 Å². The van der Waals surface area contributed by atoms with E-state index in [1.807, 2.05) is 0 Å². The van der Waals surface area contributed by atoms with Crippen LogP contribution in [-0.4, -0.2) is 19.5 Å². The van der Waals surface area contributed by atoms with Gasteiger partial charge in [0.15, 0.2) is 0 Å². The lowest BCUT2D eigenvalue weighted by Gasteiger charge is -1.99. The number of hydrogen-bond acceptors (Lipinski definition) is 3. The first kappa shape index (κ1) is 10.6. The highest BCUT2D eigenvalue weighted by molar-refractivity contribution is 7.86. The zero-order chi connectivity index (χ0) is 10.9. The van der Waals surface area contributed by atoms with E-state index in [1.54, 1.807) is 0 Å². The van der Waals surface area contributed by atoms with E-state index in [-0.39, 0.29) is 0 Å². The van der Waals surface area contributed by atoms with E-state index in [9.17, 15) is 21.5 Å². The molecule has 0 amide bonds. The Morgan fingerprint density at radius 3 is 2.36 bits per heavy atom. The van der Waals surface area contributed by atoms with Gasteiger partial charge in [-0.2, -0.15) is 8.42 Å². The summed E-state index contributed by atoms with van der Waals surface area (Å²) in [5.41, 5.74) is -0.498. The lowest BCUT2D eigenvalue weighted by molar-refractivity contribution is 0.0696. The number of carboxylic acids is 1. The highest BCUT2D eigenvalue weighted by atomic mass is 32.3. The van der Waals surface area contributed by atoms with Gasteiger partial charge in [-0.3, -0.25) is 0 Å². The predicted molar refractivity (Wildman–Crippen MR) is 41.7 cm³/mol. The largest absolute Gasteiger partial charge is 0.478 e. The number of halogens is 2. The van der Waals surface area contributed by atoms with Gasteiger partial charge in [-0.25, -0.2) is 9.18 Å². The molecule has 0 saturated heterocycles. The van der Waals surface area contributed by atoms with Crippen molar-refractivity contribution in [1.82, 2.24) is 0 Å². The van der Waals surface area contributed by atoms with Crippen molar-refractivity contribution in [3.63, 3.8) is 0 Å². The molecule has 0 aliphatic heterocycles. The third kappa shape index (κ3) is 2.05. The van der Waals surface area contributed by atoms with Crippen LogP contribution in [0.3, 0.4) is 0 Å². The van der Waals surface area contributed by atoms with Gasteiger partial charge >= 0.3 is 16.2 Å². The molecule has 0 saturated carbocycles. The van der Waals surface area contributed by atoms with Crippen LogP contribution < -0.4 is 0 Å². The zero-order valence-electron chi connectivity index (χ0n) is 6.57. The molecule has 0 bridgehead atoms. The molecule has 0 unspecified atom stereocenters. The van der Waals surface area contributed by atoms with Gasteiger partial charge < -0.3 is 5.11 Å². The lowest BCUT2D eigenvalue weighted by atomic mass is 10.2. The van der Waals surface area contributed by atoms with Crippen molar-refractivity contribution in [1.29, 1.82) is 0 Å². The second-order valence-electron chi connectivity index (χ2n) is 2.39. The van der Waals surface area contributed by atoms with Crippen LogP contribution in [0.25, 0.3) is 0 Å². The van der Waals surface area contributed by atoms with E-state index in [1.165, 1.54) is 0 Å². The number of benzene rings is 1. The molecule has 1 N–H and O–H groups in total. The molecular weight excluding hydrogens is 218 g/mol. The third-order valence-electron chi connectivity index (χ3n) is 1.44. The molecule has 0 aliphatic carbocycles. The monoisotopic (exact) mass is 222 g/mol. The molecule has 14 heavy (non-hydrogen) atoms. The molecule has 0 radical (unpaired) electrons. The summed E-state index contributed by atoms with van der Waals surface area (Å²) in [5, 5.41) is 8.43. The molecule has 0 aromatic heterocycles. The zero-order valence-corrected chi connectivity index (χ0v) is 7.38. The Bertz CT molecular complexity index is 480. The van der Waals surface area contributed by atoms with Gasteiger partial charge in [-0.05, 0) is 18.2 Å². The van der Waals surface area contributed by atoms with Crippen LogP contribution in [0.4, 0.5) is 8.28 Å². The second-order valence-corrected chi connectivity index (χ2v) is 3.70. The first-order valence-corrected chi connectivity index (χ1v) is 4.68. The van der Waals surface area contributed by atoms with E-state index in [4.69, 9.17) is 5.11 Å². The van der Waals surface area contributed by atoms with Crippen molar-refractivity contribution in [2.24, 2.45) is 0 Å². The molecule has 76 valence electrons. The van der Waals surface area contributed by atoms with E-state index in [0.29, 0.717) is 12.1 Å². The second kappa shape index (κ2) is 3.33. The summed E-state index contributed by atoms with van der Waals surface area (Å²) in [4.78, 5) is 9.09. The Hall–Kier alpha value is -1.50. The van der Waals surface area contributed by atoms with Crippen LogP contribution in [0.15, 0.2) is 23.1 Å². The van der Waals surface area contributed by atoms with E-state index >= 15 is 0 Å². The Morgan fingerprint density at radius 1 is 1.36 bits per heavy atom. The topological polar surface area (TPSA) is 71.4 Å². The van der Waals surface area contributed by atoms with Gasteiger partial charge in [-0.15, -0.1) is 3.89 Å². The van der Waals surface area contributed by atoms with Crippen molar-refractivity contribution in [2.75, 3.05) is 0 Å². The SMILES string of the molecule is O=C(O)c1ccc(F)c(S(=O)(=O)F)c1. The van der Waals surface area contributed by atoms with Crippen molar-refractivity contribution in [2.45, 2.75) is 4.90 Å². The lowest BCUT2D eigenvalue weighted by Crippen LogP contribution is -2.02. The third-order valence-corrected chi connectivity index (χ3v) is 2.28. The predicted octanol–water partition coefficient (Wildman–Crippen LogP) is 1.18.